The SMILES string of the molecule is O=C1CC[C@@H](N2Cc3cc(N4CCN(CC5CCN(c6ccc([C@H]7c8ccc(O)cc8CCC78CCCC8)cc6F)CC5)CC4)ccc3C2=O)C(=O)N1. The first kappa shape index (κ1) is 34.3. The van der Waals surface area contributed by atoms with E-state index >= 15 is 4.39 Å². The number of piperazine rings is 1. The Kier molecular flexibility index (Phi) is 8.91. The van der Waals surface area contributed by atoms with Crippen molar-refractivity contribution in [1.82, 2.24) is 15.1 Å². The summed E-state index contributed by atoms with van der Waals surface area (Å²) in [7, 11) is 0. The Morgan fingerprint density at radius 2 is 1.58 bits per heavy atom. The van der Waals surface area contributed by atoms with Crippen LogP contribution >= 0.6 is 0 Å². The third-order valence-corrected chi connectivity index (χ3v) is 13.6. The van der Waals surface area contributed by atoms with Crippen LogP contribution in [0.2, 0.25) is 0 Å². The molecule has 0 unspecified atom stereocenters. The van der Waals surface area contributed by atoms with Crippen molar-refractivity contribution in [2.45, 2.75) is 82.7 Å². The second-order valence-electron chi connectivity index (χ2n) is 16.6. The summed E-state index contributed by atoms with van der Waals surface area (Å²) in [4.78, 5) is 46.0. The zero-order valence-electron chi connectivity index (χ0n) is 30.5. The van der Waals surface area contributed by atoms with E-state index in [4.69, 9.17) is 0 Å². The predicted octanol–water partition coefficient (Wildman–Crippen LogP) is 5.97. The molecule has 4 fully saturated rings. The molecular formula is C43H50FN5O4. The van der Waals surface area contributed by atoms with Gasteiger partial charge >= 0.3 is 0 Å². The molecule has 1 spiro atoms. The molecule has 278 valence electrons. The molecule has 2 N–H and O–H groups in total. The first-order valence-corrected chi connectivity index (χ1v) is 19.9. The van der Waals surface area contributed by atoms with Crippen LogP contribution in [0, 0.1) is 17.2 Å². The first-order chi connectivity index (χ1) is 25.7. The summed E-state index contributed by atoms with van der Waals surface area (Å²) in [6.07, 6.45) is 9.65. The maximum atomic E-state index is 16.0. The summed E-state index contributed by atoms with van der Waals surface area (Å²) in [6.45, 7) is 6.94. The van der Waals surface area contributed by atoms with Crippen molar-refractivity contribution in [1.29, 1.82) is 0 Å². The van der Waals surface area contributed by atoms with E-state index in [0.717, 1.165) is 94.0 Å². The lowest BCUT2D eigenvalue weighted by Gasteiger charge is -2.43. The molecule has 9 nitrogen and oxygen atoms in total. The van der Waals surface area contributed by atoms with Crippen LogP contribution in [0.25, 0.3) is 0 Å². The molecule has 3 aromatic carbocycles. The van der Waals surface area contributed by atoms with E-state index in [1.54, 1.807) is 11.0 Å². The van der Waals surface area contributed by atoms with Crippen LogP contribution < -0.4 is 15.1 Å². The summed E-state index contributed by atoms with van der Waals surface area (Å²) >= 11 is 0. The Labute approximate surface area is 311 Å². The van der Waals surface area contributed by atoms with Crippen molar-refractivity contribution in [2.75, 3.05) is 55.6 Å². The molecule has 0 bridgehead atoms. The lowest BCUT2D eigenvalue weighted by Crippen LogP contribution is -2.52. The number of fused-ring (bicyclic) bond motifs is 2. The Hall–Kier alpha value is -4.44. The summed E-state index contributed by atoms with van der Waals surface area (Å²) < 4.78 is 16.0. The molecule has 2 atom stereocenters. The van der Waals surface area contributed by atoms with Crippen molar-refractivity contribution in [2.24, 2.45) is 11.3 Å². The molecule has 0 radical (unpaired) electrons. The third kappa shape index (κ3) is 6.36. The topological polar surface area (TPSA) is 96.4 Å². The quantitative estimate of drug-likeness (QED) is 0.304. The third-order valence-electron chi connectivity index (χ3n) is 13.6. The molecule has 0 aromatic heterocycles. The van der Waals surface area contributed by atoms with Crippen molar-refractivity contribution >= 4 is 29.1 Å². The number of carbonyl (C=O) groups excluding carboxylic acids is 3. The van der Waals surface area contributed by atoms with Crippen LogP contribution in [0.5, 0.6) is 5.75 Å². The lowest BCUT2D eigenvalue weighted by atomic mass is 9.60. The van der Waals surface area contributed by atoms with Gasteiger partial charge in [0.05, 0.1) is 5.69 Å². The minimum Gasteiger partial charge on any atom is -0.508 e. The van der Waals surface area contributed by atoms with E-state index < -0.39 is 6.04 Å². The fraction of sp³-hybridized carbons (Fsp3) is 0.512. The van der Waals surface area contributed by atoms with Crippen molar-refractivity contribution in [3.8, 4) is 5.75 Å². The van der Waals surface area contributed by atoms with Crippen LogP contribution in [0.15, 0.2) is 54.6 Å². The Balaban J connectivity index is 0.787. The first-order valence-electron chi connectivity index (χ1n) is 19.9. The highest BCUT2D eigenvalue weighted by atomic mass is 19.1. The van der Waals surface area contributed by atoms with Crippen LogP contribution in [-0.2, 0) is 22.6 Å². The number of phenols is 1. The Morgan fingerprint density at radius 1 is 0.792 bits per heavy atom. The normalized spacial score (nSPS) is 24.8. The predicted molar refractivity (Wildman–Crippen MR) is 202 cm³/mol. The number of imide groups is 1. The summed E-state index contributed by atoms with van der Waals surface area (Å²) in [5.74, 6) is 0.161. The van der Waals surface area contributed by atoms with Crippen LogP contribution in [-0.4, -0.2) is 84.5 Å². The van der Waals surface area contributed by atoms with Gasteiger partial charge in [0.1, 0.15) is 17.6 Å². The number of aromatic hydroxyl groups is 1. The van der Waals surface area contributed by atoms with Gasteiger partial charge in [-0.25, -0.2) is 4.39 Å². The Morgan fingerprint density at radius 3 is 2.34 bits per heavy atom. The van der Waals surface area contributed by atoms with Gasteiger partial charge < -0.3 is 19.8 Å². The monoisotopic (exact) mass is 719 g/mol. The number of phenolic OH excluding ortho intramolecular Hbond substituents is 1. The average molecular weight is 720 g/mol. The van der Waals surface area contributed by atoms with E-state index in [-0.39, 0.29) is 41.3 Å². The van der Waals surface area contributed by atoms with Crippen molar-refractivity contribution in [3.63, 3.8) is 0 Å². The Bertz CT molecular complexity index is 1930. The van der Waals surface area contributed by atoms with Crippen molar-refractivity contribution in [3.05, 3.63) is 88.2 Å². The molecular weight excluding hydrogens is 670 g/mol. The van der Waals surface area contributed by atoms with Gasteiger partial charge in [0.15, 0.2) is 0 Å². The number of nitrogens with zero attached hydrogens (tertiary/aromatic N) is 4. The summed E-state index contributed by atoms with van der Waals surface area (Å²) in [5, 5.41) is 12.6. The number of hydrogen-bond acceptors (Lipinski definition) is 7. The molecule has 2 aliphatic carbocycles. The standard InChI is InChI=1S/C43H50FN5O4/c44-36-25-30(40-34-7-5-33(50)24-29(34)11-16-43(40)14-1-2-15-43)3-8-37(36)48-17-12-28(13-18-48)26-46-19-21-47(22-20-46)32-4-6-35-31(23-32)27-49(42(35)53)38-9-10-39(51)45-41(38)52/h3-8,23-25,28,38,40,50H,1-2,9-22,26-27H2,(H,45,51,52)/t38-,40+/m1/s1. The molecule has 3 amide bonds. The minimum atomic E-state index is -0.599. The van der Waals surface area contributed by atoms with Crippen LogP contribution in [0.1, 0.15) is 96.3 Å². The van der Waals surface area contributed by atoms with Gasteiger partial charge in [0.2, 0.25) is 11.8 Å². The van der Waals surface area contributed by atoms with Gasteiger partial charge in [0, 0.05) is 75.9 Å². The maximum Gasteiger partial charge on any atom is 0.255 e. The smallest absolute Gasteiger partial charge is 0.255 e. The molecule has 6 aliphatic rings. The number of amides is 3. The highest BCUT2D eigenvalue weighted by Gasteiger charge is 2.46. The van der Waals surface area contributed by atoms with E-state index in [2.05, 4.69) is 38.2 Å². The number of aryl methyl sites for hydroxylation is 1. The van der Waals surface area contributed by atoms with Gasteiger partial charge in [-0.2, -0.15) is 0 Å². The molecule has 3 saturated heterocycles. The fourth-order valence-corrected chi connectivity index (χ4v) is 10.7. The zero-order valence-corrected chi connectivity index (χ0v) is 30.5. The summed E-state index contributed by atoms with van der Waals surface area (Å²) in [6, 6.07) is 17.2. The molecule has 1 saturated carbocycles. The van der Waals surface area contributed by atoms with Gasteiger partial charge in [-0.1, -0.05) is 25.0 Å². The number of halogens is 1. The number of carbonyl (C=O) groups is 3. The molecule has 53 heavy (non-hydrogen) atoms. The maximum absolute atomic E-state index is 16.0. The molecule has 4 heterocycles. The van der Waals surface area contributed by atoms with Gasteiger partial charge in [-0.3, -0.25) is 24.6 Å². The largest absolute Gasteiger partial charge is 0.508 e. The van der Waals surface area contributed by atoms with Crippen LogP contribution in [0.4, 0.5) is 15.8 Å². The highest BCUT2D eigenvalue weighted by Crippen LogP contribution is 2.58. The highest BCUT2D eigenvalue weighted by molar-refractivity contribution is 6.05. The number of hydrogen-bond donors (Lipinski definition) is 2. The van der Waals surface area contributed by atoms with Gasteiger partial charge in [-0.05, 0) is 121 Å². The molecule has 9 rings (SSSR count). The molecule has 4 aliphatic heterocycles. The van der Waals surface area contributed by atoms with E-state index in [0.29, 0.717) is 30.2 Å². The number of rotatable bonds is 6. The zero-order chi connectivity index (χ0) is 36.3. The average Bonchev–Trinajstić information content (AvgIpc) is 3.76. The van der Waals surface area contributed by atoms with E-state index in [9.17, 15) is 19.5 Å². The van der Waals surface area contributed by atoms with E-state index in [1.165, 1.54) is 36.8 Å². The van der Waals surface area contributed by atoms with Crippen LogP contribution in [0.3, 0.4) is 0 Å². The second kappa shape index (κ2) is 13.8. The number of benzene rings is 3. The lowest BCUT2D eigenvalue weighted by molar-refractivity contribution is -0.136. The van der Waals surface area contributed by atoms with Crippen molar-refractivity contribution < 1.29 is 23.9 Å². The van der Waals surface area contributed by atoms with Gasteiger partial charge in [-0.15, -0.1) is 0 Å². The summed E-state index contributed by atoms with van der Waals surface area (Å²) in [5.41, 5.74) is 7.16. The molecule has 3 aromatic rings. The number of piperidine rings is 2. The number of nitrogens with one attached hydrogen (secondary N) is 1. The van der Waals surface area contributed by atoms with Gasteiger partial charge in [0.25, 0.3) is 5.91 Å². The number of anilines is 2. The fourth-order valence-electron chi connectivity index (χ4n) is 10.7. The van der Waals surface area contributed by atoms with E-state index in [1.807, 2.05) is 30.3 Å². The minimum absolute atomic E-state index is 0.115. The second-order valence-corrected chi connectivity index (χ2v) is 16.6. The molecule has 10 heteroatoms.